The van der Waals surface area contributed by atoms with Crippen molar-refractivity contribution in [1.82, 2.24) is 20.1 Å². The van der Waals surface area contributed by atoms with Crippen LogP contribution in [-0.4, -0.2) is 33.2 Å². The van der Waals surface area contributed by atoms with E-state index in [1.165, 1.54) is 0 Å². The molecule has 24 heavy (non-hydrogen) atoms. The number of pyridine rings is 1. The largest absolute Gasteiger partial charge is 0.310 e. The van der Waals surface area contributed by atoms with Gasteiger partial charge in [0.25, 0.3) is 0 Å². The fourth-order valence-corrected chi connectivity index (χ4v) is 3.15. The number of hydrogen-bond donors (Lipinski definition) is 1. The SMILES string of the molecule is N#CN1CCC(c2cc(-c3ccnc(-c4ccccc4)c3)[nH]n2)C1. The molecule has 0 radical (unpaired) electrons. The van der Waals surface area contributed by atoms with Gasteiger partial charge in [-0.3, -0.25) is 10.1 Å². The molecule has 1 fully saturated rings. The number of aromatic nitrogens is 3. The topological polar surface area (TPSA) is 68.6 Å². The zero-order chi connectivity index (χ0) is 16.4. The zero-order valence-electron chi connectivity index (χ0n) is 13.2. The normalized spacial score (nSPS) is 17.0. The molecule has 1 atom stereocenters. The van der Waals surface area contributed by atoms with E-state index in [1.54, 1.807) is 4.90 Å². The molecule has 4 rings (SSSR count). The Morgan fingerprint density at radius 1 is 1.12 bits per heavy atom. The van der Waals surface area contributed by atoms with Gasteiger partial charge in [-0.15, -0.1) is 0 Å². The first-order valence-corrected chi connectivity index (χ1v) is 8.05. The zero-order valence-corrected chi connectivity index (χ0v) is 13.2. The Bertz CT molecular complexity index is 878. The summed E-state index contributed by atoms with van der Waals surface area (Å²) in [6.07, 6.45) is 5.02. The number of nitriles is 1. The number of hydrogen-bond acceptors (Lipinski definition) is 4. The average molecular weight is 315 g/mol. The molecular formula is C19H17N5. The molecule has 1 N–H and O–H groups in total. The molecule has 1 saturated heterocycles. The highest BCUT2D eigenvalue weighted by Crippen LogP contribution is 2.29. The Kier molecular flexibility index (Phi) is 3.72. The second kappa shape index (κ2) is 6.17. The van der Waals surface area contributed by atoms with Crippen molar-refractivity contribution in [3.8, 4) is 28.7 Å². The van der Waals surface area contributed by atoms with Gasteiger partial charge in [-0.05, 0) is 24.6 Å². The Balaban J connectivity index is 1.60. The van der Waals surface area contributed by atoms with E-state index in [-0.39, 0.29) is 0 Å². The number of H-pyrrole nitrogens is 1. The lowest BCUT2D eigenvalue weighted by molar-refractivity contribution is 0.478. The molecule has 0 bridgehead atoms. The Labute approximate surface area is 140 Å². The van der Waals surface area contributed by atoms with Crippen molar-refractivity contribution in [1.29, 1.82) is 5.26 Å². The van der Waals surface area contributed by atoms with E-state index in [1.807, 2.05) is 30.5 Å². The quantitative estimate of drug-likeness (QED) is 0.752. The van der Waals surface area contributed by atoms with Gasteiger partial charge in [0.05, 0.1) is 17.1 Å². The number of nitrogens with one attached hydrogen (secondary N) is 1. The first-order valence-electron chi connectivity index (χ1n) is 8.05. The van der Waals surface area contributed by atoms with Crippen molar-refractivity contribution in [2.45, 2.75) is 12.3 Å². The summed E-state index contributed by atoms with van der Waals surface area (Å²) in [5, 5.41) is 16.6. The molecule has 1 aliphatic rings. The summed E-state index contributed by atoms with van der Waals surface area (Å²) in [7, 11) is 0. The van der Waals surface area contributed by atoms with E-state index in [0.29, 0.717) is 5.92 Å². The summed E-state index contributed by atoms with van der Waals surface area (Å²) in [5.41, 5.74) is 5.12. The van der Waals surface area contributed by atoms with Gasteiger partial charge in [0.15, 0.2) is 6.19 Å². The lowest BCUT2D eigenvalue weighted by Crippen LogP contribution is -2.12. The van der Waals surface area contributed by atoms with Crippen molar-refractivity contribution in [3.05, 3.63) is 60.4 Å². The van der Waals surface area contributed by atoms with Crippen LogP contribution in [0.1, 0.15) is 18.0 Å². The molecule has 118 valence electrons. The summed E-state index contributed by atoms with van der Waals surface area (Å²) in [4.78, 5) is 6.25. The first kappa shape index (κ1) is 14.5. The molecule has 5 heteroatoms. The van der Waals surface area contributed by atoms with Crippen LogP contribution in [0.2, 0.25) is 0 Å². The van der Waals surface area contributed by atoms with Gasteiger partial charge in [-0.25, -0.2) is 0 Å². The highest BCUT2D eigenvalue weighted by molar-refractivity contribution is 5.68. The lowest BCUT2D eigenvalue weighted by Gasteiger charge is -2.05. The van der Waals surface area contributed by atoms with Crippen LogP contribution in [0.5, 0.6) is 0 Å². The molecule has 0 spiro atoms. The Morgan fingerprint density at radius 2 is 2.00 bits per heavy atom. The Hall–Kier alpha value is -3.13. The van der Waals surface area contributed by atoms with Crippen molar-refractivity contribution >= 4 is 0 Å². The van der Waals surface area contributed by atoms with E-state index in [0.717, 1.165) is 47.7 Å². The number of aromatic amines is 1. The predicted molar refractivity (Wildman–Crippen MR) is 91.8 cm³/mol. The molecule has 0 aliphatic carbocycles. The third-order valence-electron chi connectivity index (χ3n) is 4.49. The lowest BCUT2D eigenvalue weighted by atomic mass is 10.0. The molecule has 1 aromatic carbocycles. The number of likely N-dealkylation sites (tertiary alicyclic amines) is 1. The van der Waals surface area contributed by atoms with Gasteiger partial charge in [0, 0.05) is 36.3 Å². The van der Waals surface area contributed by atoms with Crippen LogP contribution in [0.25, 0.3) is 22.5 Å². The molecule has 3 aromatic rings. The monoisotopic (exact) mass is 315 g/mol. The van der Waals surface area contributed by atoms with E-state index >= 15 is 0 Å². The van der Waals surface area contributed by atoms with Gasteiger partial charge in [-0.2, -0.15) is 10.4 Å². The van der Waals surface area contributed by atoms with Crippen LogP contribution in [-0.2, 0) is 0 Å². The molecule has 1 unspecified atom stereocenters. The molecule has 1 aliphatic heterocycles. The number of rotatable bonds is 3. The van der Waals surface area contributed by atoms with Gasteiger partial charge in [0.1, 0.15) is 0 Å². The van der Waals surface area contributed by atoms with Gasteiger partial charge >= 0.3 is 0 Å². The highest BCUT2D eigenvalue weighted by Gasteiger charge is 2.25. The van der Waals surface area contributed by atoms with E-state index in [9.17, 15) is 0 Å². The fourth-order valence-electron chi connectivity index (χ4n) is 3.15. The summed E-state index contributed by atoms with van der Waals surface area (Å²) in [5.74, 6) is 0.324. The molecule has 0 saturated carbocycles. The second-order valence-electron chi connectivity index (χ2n) is 6.03. The maximum atomic E-state index is 8.99. The number of nitrogens with zero attached hydrogens (tertiary/aromatic N) is 4. The van der Waals surface area contributed by atoms with Gasteiger partial charge < -0.3 is 4.90 Å². The molecule has 5 nitrogen and oxygen atoms in total. The predicted octanol–water partition coefficient (Wildman–Crippen LogP) is 3.41. The standard InChI is InChI=1S/C19H17N5/c20-13-24-9-7-16(12-24)19-11-18(22-23-19)15-6-8-21-17(10-15)14-4-2-1-3-5-14/h1-6,8,10-11,16H,7,9,12H2,(H,22,23). The summed E-state index contributed by atoms with van der Waals surface area (Å²) in [6.45, 7) is 1.57. The maximum absolute atomic E-state index is 8.99. The van der Waals surface area contributed by atoms with E-state index in [4.69, 9.17) is 5.26 Å². The van der Waals surface area contributed by atoms with Crippen molar-refractivity contribution in [2.75, 3.05) is 13.1 Å². The van der Waals surface area contributed by atoms with Gasteiger partial charge in [0.2, 0.25) is 0 Å². The van der Waals surface area contributed by atoms with Crippen molar-refractivity contribution in [3.63, 3.8) is 0 Å². The third-order valence-corrected chi connectivity index (χ3v) is 4.49. The summed E-state index contributed by atoms with van der Waals surface area (Å²) < 4.78 is 0. The summed E-state index contributed by atoms with van der Waals surface area (Å²) in [6, 6.07) is 16.3. The molecule has 0 amide bonds. The van der Waals surface area contributed by atoms with Crippen LogP contribution >= 0.6 is 0 Å². The first-order chi connectivity index (χ1) is 11.8. The minimum atomic E-state index is 0.324. The van der Waals surface area contributed by atoms with Crippen LogP contribution < -0.4 is 0 Å². The van der Waals surface area contributed by atoms with Crippen molar-refractivity contribution < 1.29 is 0 Å². The minimum Gasteiger partial charge on any atom is -0.310 e. The third kappa shape index (κ3) is 2.74. The van der Waals surface area contributed by atoms with Crippen LogP contribution in [0, 0.1) is 11.5 Å². The number of benzene rings is 1. The minimum absolute atomic E-state index is 0.324. The maximum Gasteiger partial charge on any atom is 0.179 e. The molecular weight excluding hydrogens is 298 g/mol. The second-order valence-corrected chi connectivity index (χ2v) is 6.03. The van der Waals surface area contributed by atoms with E-state index in [2.05, 4.69) is 45.6 Å². The van der Waals surface area contributed by atoms with Gasteiger partial charge in [-0.1, -0.05) is 30.3 Å². The van der Waals surface area contributed by atoms with Crippen molar-refractivity contribution in [2.24, 2.45) is 0 Å². The van der Waals surface area contributed by atoms with Crippen LogP contribution in [0.3, 0.4) is 0 Å². The Morgan fingerprint density at radius 3 is 2.79 bits per heavy atom. The average Bonchev–Trinajstić information content (AvgIpc) is 3.32. The highest BCUT2D eigenvalue weighted by atomic mass is 15.2. The van der Waals surface area contributed by atoms with Crippen LogP contribution in [0.15, 0.2) is 54.7 Å². The summed E-state index contributed by atoms with van der Waals surface area (Å²) >= 11 is 0. The smallest absolute Gasteiger partial charge is 0.179 e. The van der Waals surface area contributed by atoms with E-state index < -0.39 is 0 Å². The molecule has 3 heterocycles. The molecule has 2 aromatic heterocycles. The fraction of sp³-hybridized carbons (Fsp3) is 0.211. The van der Waals surface area contributed by atoms with Crippen LogP contribution in [0.4, 0.5) is 0 Å².